The van der Waals surface area contributed by atoms with E-state index in [9.17, 15) is 31.6 Å². The zero-order valence-corrected chi connectivity index (χ0v) is 40.1. The van der Waals surface area contributed by atoms with E-state index < -0.39 is 0 Å². The summed E-state index contributed by atoms with van der Waals surface area (Å²) in [7, 11) is 0. The summed E-state index contributed by atoms with van der Waals surface area (Å²) in [4.78, 5) is 0. The Hall–Kier alpha value is -11.3. The Morgan fingerprint density at radius 2 is 0.613 bits per heavy atom. The summed E-state index contributed by atoms with van der Waals surface area (Å²) in [6, 6.07) is 79.1. The van der Waals surface area contributed by atoms with E-state index in [2.05, 4.69) is 130 Å². The Balaban J connectivity index is 1.21. The Morgan fingerprint density at radius 1 is 0.280 bits per heavy atom. The molecule has 12 rings (SSSR count). The highest BCUT2D eigenvalue weighted by molar-refractivity contribution is 6.13. The summed E-state index contributed by atoms with van der Waals surface area (Å²) in [5, 5.41) is 65.5. The molecule has 0 aliphatic rings. The Morgan fingerprint density at radius 3 is 0.960 bits per heavy atom. The molecule has 8 nitrogen and oxygen atoms in total. The molecule has 0 bridgehead atoms. The van der Waals surface area contributed by atoms with Crippen molar-refractivity contribution in [1.82, 2.24) is 9.13 Å². The van der Waals surface area contributed by atoms with Gasteiger partial charge in [0.2, 0.25) is 0 Å². The van der Waals surface area contributed by atoms with E-state index in [-0.39, 0.29) is 0 Å². The van der Waals surface area contributed by atoms with Crippen LogP contribution in [-0.4, -0.2) is 9.13 Å². The van der Waals surface area contributed by atoms with Crippen molar-refractivity contribution in [2.24, 2.45) is 0 Å². The van der Waals surface area contributed by atoms with Gasteiger partial charge in [-0.2, -0.15) is 31.6 Å². The van der Waals surface area contributed by atoms with Gasteiger partial charge >= 0.3 is 0 Å². The number of nitrogens with zero attached hydrogens (tertiary/aromatic N) is 8. The van der Waals surface area contributed by atoms with Crippen molar-refractivity contribution in [3.8, 4) is 103 Å². The molecular formula is C67H36N8. The molecule has 0 fully saturated rings. The number of fused-ring (bicyclic) bond motifs is 6. The monoisotopic (exact) mass is 952 g/mol. The molecule has 0 amide bonds. The maximum atomic E-state index is 11.6. The van der Waals surface area contributed by atoms with Crippen LogP contribution in [-0.2, 0) is 0 Å². The summed E-state index contributed by atoms with van der Waals surface area (Å²) in [6.45, 7) is 1.97. The third-order valence-electron chi connectivity index (χ3n) is 14.1. The lowest BCUT2D eigenvalue weighted by molar-refractivity contribution is 1.14. The molecule has 0 saturated carbocycles. The minimum absolute atomic E-state index is 0.375. The molecule has 344 valence electrons. The van der Waals surface area contributed by atoms with Crippen LogP contribution in [0.2, 0.25) is 0 Å². The van der Waals surface area contributed by atoms with E-state index in [1.54, 1.807) is 24.3 Å². The first kappa shape index (κ1) is 44.9. The molecule has 75 heavy (non-hydrogen) atoms. The first-order chi connectivity index (χ1) is 36.7. The molecule has 0 aliphatic carbocycles. The van der Waals surface area contributed by atoms with Gasteiger partial charge in [-0.25, -0.2) is 0 Å². The highest BCUT2D eigenvalue weighted by Crippen LogP contribution is 2.44. The van der Waals surface area contributed by atoms with Crippen LogP contribution in [0, 0.1) is 74.9 Å². The highest BCUT2D eigenvalue weighted by atomic mass is 15.0. The number of aromatic nitrogens is 2. The van der Waals surface area contributed by atoms with Crippen molar-refractivity contribution in [2.45, 2.75) is 6.92 Å². The predicted molar refractivity (Wildman–Crippen MR) is 295 cm³/mol. The van der Waals surface area contributed by atoms with E-state index in [1.807, 2.05) is 97.9 Å². The maximum absolute atomic E-state index is 11.6. The fourth-order valence-electron chi connectivity index (χ4n) is 10.6. The smallest absolute Gasteiger partial charge is 0.101 e. The molecule has 8 heteroatoms. The quantitative estimate of drug-likeness (QED) is 0.155. The van der Waals surface area contributed by atoms with Crippen LogP contribution >= 0.6 is 0 Å². The number of hydrogen-bond acceptors (Lipinski definition) is 6. The molecule has 0 saturated heterocycles. The van der Waals surface area contributed by atoms with E-state index in [0.717, 1.165) is 105 Å². The summed E-state index contributed by atoms with van der Waals surface area (Å²) < 4.78 is 4.33. The van der Waals surface area contributed by atoms with Crippen molar-refractivity contribution in [3.05, 3.63) is 239 Å². The van der Waals surface area contributed by atoms with Gasteiger partial charge in [-0.1, -0.05) is 103 Å². The van der Waals surface area contributed by atoms with Crippen LogP contribution in [0.1, 0.15) is 38.9 Å². The molecule has 10 aromatic carbocycles. The van der Waals surface area contributed by atoms with Crippen molar-refractivity contribution in [3.63, 3.8) is 0 Å². The van der Waals surface area contributed by atoms with Crippen LogP contribution in [0.5, 0.6) is 0 Å². The number of aryl methyl sites for hydroxylation is 1. The second kappa shape index (κ2) is 18.2. The molecule has 0 atom stereocenters. The first-order valence-electron chi connectivity index (χ1n) is 24.1. The van der Waals surface area contributed by atoms with Crippen LogP contribution < -0.4 is 0 Å². The van der Waals surface area contributed by atoms with Crippen molar-refractivity contribution in [1.29, 1.82) is 31.6 Å². The molecule has 12 aromatic rings. The number of nitriles is 6. The minimum atomic E-state index is 0.375. The Kier molecular flexibility index (Phi) is 10.9. The van der Waals surface area contributed by atoms with Crippen molar-refractivity contribution >= 4 is 43.6 Å². The van der Waals surface area contributed by atoms with Gasteiger partial charge in [0.05, 0.1) is 97.2 Å². The fraction of sp³-hybridized carbons (Fsp3) is 0.0149. The van der Waals surface area contributed by atoms with Gasteiger partial charge in [-0.05, 0) is 160 Å². The number of rotatable bonds is 7. The van der Waals surface area contributed by atoms with E-state index in [1.165, 1.54) is 0 Å². The average molecular weight is 953 g/mol. The lowest BCUT2D eigenvalue weighted by atomic mass is 9.96. The lowest BCUT2D eigenvalue weighted by Crippen LogP contribution is -2.04. The normalized spacial score (nSPS) is 10.9. The number of benzene rings is 10. The molecule has 0 aliphatic heterocycles. The number of hydrogen-bond donors (Lipinski definition) is 0. The zero-order chi connectivity index (χ0) is 51.3. The zero-order valence-electron chi connectivity index (χ0n) is 40.1. The van der Waals surface area contributed by atoms with Crippen LogP contribution in [0.4, 0.5) is 0 Å². The Labute approximate surface area is 431 Å². The molecule has 0 spiro atoms. The van der Waals surface area contributed by atoms with Gasteiger partial charge in [-0.15, -0.1) is 0 Å². The third-order valence-corrected chi connectivity index (χ3v) is 14.1. The summed E-state index contributed by atoms with van der Waals surface area (Å²) >= 11 is 0. The average Bonchev–Trinajstić information content (AvgIpc) is 4.03. The largest absolute Gasteiger partial charge is 0.309 e. The molecular weight excluding hydrogens is 917 g/mol. The molecule has 0 radical (unpaired) electrons. The van der Waals surface area contributed by atoms with Gasteiger partial charge in [0, 0.05) is 27.1 Å². The third kappa shape index (κ3) is 7.76. The molecule has 0 unspecified atom stereocenters. The Bertz CT molecular complexity index is 4470. The molecule has 2 heterocycles. The van der Waals surface area contributed by atoms with Crippen molar-refractivity contribution < 1.29 is 0 Å². The molecule has 0 N–H and O–H groups in total. The fourth-order valence-corrected chi connectivity index (χ4v) is 10.6. The maximum Gasteiger partial charge on any atom is 0.101 e. The van der Waals surface area contributed by atoms with Gasteiger partial charge in [0.25, 0.3) is 0 Å². The van der Waals surface area contributed by atoms with Crippen molar-refractivity contribution in [2.75, 3.05) is 0 Å². The second-order valence-corrected chi connectivity index (χ2v) is 18.6. The summed E-state index contributed by atoms with van der Waals surface area (Å²) in [5.74, 6) is 0. The predicted octanol–water partition coefficient (Wildman–Crippen LogP) is 15.8. The van der Waals surface area contributed by atoms with E-state index in [4.69, 9.17) is 0 Å². The molecule has 2 aromatic heterocycles. The van der Waals surface area contributed by atoms with Gasteiger partial charge in [0.1, 0.15) is 6.07 Å². The first-order valence-corrected chi connectivity index (χ1v) is 24.1. The lowest BCUT2D eigenvalue weighted by Gasteiger charge is -2.20. The van der Waals surface area contributed by atoms with Crippen LogP contribution in [0.25, 0.3) is 111 Å². The highest BCUT2D eigenvalue weighted by Gasteiger charge is 2.24. The van der Waals surface area contributed by atoms with E-state index >= 15 is 0 Å². The van der Waals surface area contributed by atoms with E-state index in [0.29, 0.717) is 44.8 Å². The standard InChI is InChI=1S/C67H36N8/c1-41-22-46(39-72)28-55(23-41)61-34-62(74-63-29-51(47-10-2-6-42(24-47)35-68)14-18-57(63)58-19-15-52(30-64(58)74)48-11-3-7-43(25-48)36-69)56(40-73)33-67(61)75-65-31-53(49-12-4-8-44(26-49)37-70)16-20-59(65)60-21-17-54(32-66(60)75)50-13-5-9-45(27-50)38-71/h2-34H,1H3. The second-order valence-electron chi connectivity index (χ2n) is 18.6. The minimum Gasteiger partial charge on any atom is -0.309 e. The van der Waals surface area contributed by atoms with Gasteiger partial charge < -0.3 is 9.13 Å². The van der Waals surface area contributed by atoms with Gasteiger partial charge in [-0.3, -0.25) is 0 Å². The van der Waals surface area contributed by atoms with Gasteiger partial charge in [0.15, 0.2) is 0 Å². The topological polar surface area (TPSA) is 153 Å². The van der Waals surface area contributed by atoms with Crippen LogP contribution in [0.3, 0.4) is 0 Å². The SMILES string of the molecule is Cc1cc(C#N)cc(-c2cc(-n3c4cc(-c5cccc(C#N)c5)ccc4c4ccc(-c5cccc(C#N)c5)cc43)c(C#N)cc2-n2c3cc(-c4cccc(C#N)c4)ccc3c3ccc(-c4cccc(C#N)c4)cc32)c1. The summed E-state index contributed by atoms with van der Waals surface area (Å²) in [5.41, 5.74) is 17.1. The summed E-state index contributed by atoms with van der Waals surface area (Å²) in [6.07, 6.45) is 0. The van der Waals surface area contributed by atoms with Crippen LogP contribution in [0.15, 0.2) is 200 Å².